The fraction of sp³-hybridized carbons (Fsp3) is 0.667. The second kappa shape index (κ2) is 7.57. The van der Waals surface area contributed by atoms with Crippen LogP contribution in [0.1, 0.15) is 25.7 Å². The molecule has 11 heavy (non-hydrogen) atoms. The van der Waals surface area contributed by atoms with Gasteiger partial charge in [-0.3, -0.25) is 0 Å². The average molecular weight is 199 g/mol. The summed E-state index contributed by atoms with van der Waals surface area (Å²) in [7, 11) is 0. The molecule has 0 saturated carbocycles. The first kappa shape index (κ1) is 13.1. The first-order valence-corrected chi connectivity index (χ1v) is 3.02. The van der Waals surface area contributed by atoms with Crippen LogP contribution in [0.25, 0.3) is 0 Å². The second-order valence-corrected chi connectivity index (χ2v) is 1.95. The number of carbonyl (C=O) groups excluding carboxylic acids is 2. The average Bonchev–Trinajstić information content (AvgIpc) is 1.79. The summed E-state index contributed by atoms with van der Waals surface area (Å²) in [5.74, 6) is -2.28. The van der Waals surface area contributed by atoms with E-state index in [2.05, 4.69) is 0 Å². The molecule has 0 aliphatic heterocycles. The van der Waals surface area contributed by atoms with Crippen molar-refractivity contribution in [1.82, 2.24) is 0 Å². The molecule has 0 heterocycles. The van der Waals surface area contributed by atoms with Crippen LogP contribution >= 0.6 is 0 Å². The van der Waals surface area contributed by atoms with E-state index in [9.17, 15) is 19.8 Å². The number of hydrogen-bond acceptors (Lipinski definition) is 4. The van der Waals surface area contributed by atoms with Crippen LogP contribution in [0.2, 0.25) is 0 Å². The second-order valence-electron chi connectivity index (χ2n) is 1.95. The maximum atomic E-state index is 9.77. The molecule has 4 nitrogen and oxygen atoms in total. The normalized spacial score (nSPS) is 8.36. The third-order valence-electron chi connectivity index (χ3n) is 1.01. The standard InChI is InChI=1S/C6H10O4.Mn/c7-5(8)3-1-2-4-6(9)10;/h1-4H2,(H,7,8)(H,9,10);/q;+2/p-2. The smallest absolute Gasteiger partial charge is 0.550 e. The third kappa shape index (κ3) is 12.6. The molecular weight excluding hydrogens is 191 g/mol. The van der Waals surface area contributed by atoms with Crippen LogP contribution in [0.15, 0.2) is 0 Å². The molecule has 0 bridgehead atoms. The van der Waals surface area contributed by atoms with Gasteiger partial charge in [-0.05, 0) is 25.7 Å². The fourth-order valence-corrected chi connectivity index (χ4v) is 0.539. The van der Waals surface area contributed by atoms with Crippen molar-refractivity contribution in [2.75, 3.05) is 0 Å². The predicted octanol–water partition coefficient (Wildman–Crippen LogP) is -1.96. The van der Waals surface area contributed by atoms with Gasteiger partial charge in [-0.2, -0.15) is 0 Å². The number of hydrogen-bond donors (Lipinski definition) is 0. The van der Waals surface area contributed by atoms with Gasteiger partial charge in [-0.25, -0.2) is 0 Å². The van der Waals surface area contributed by atoms with E-state index in [1.54, 1.807) is 0 Å². The molecule has 0 aliphatic rings. The van der Waals surface area contributed by atoms with Crippen molar-refractivity contribution in [3.63, 3.8) is 0 Å². The quantitative estimate of drug-likeness (QED) is 0.380. The van der Waals surface area contributed by atoms with Crippen molar-refractivity contribution in [1.29, 1.82) is 0 Å². The fourth-order valence-electron chi connectivity index (χ4n) is 0.539. The summed E-state index contributed by atoms with van der Waals surface area (Å²) in [4.78, 5) is 19.5. The summed E-state index contributed by atoms with van der Waals surface area (Å²) >= 11 is 0. The van der Waals surface area contributed by atoms with E-state index in [1.165, 1.54) is 0 Å². The van der Waals surface area contributed by atoms with Gasteiger partial charge >= 0.3 is 17.1 Å². The van der Waals surface area contributed by atoms with E-state index in [-0.39, 0.29) is 29.9 Å². The van der Waals surface area contributed by atoms with Gasteiger partial charge in [0.15, 0.2) is 0 Å². The Morgan fingerprint density at radius 1 is 0.909 bits per heavy atom. The Balaban J connectivity index is 0. The third-order valence-corrected chi connectivity index (χ3v) is 1.01. The molecular formula is C6H8MnO4. The van der Waals surface area contributed by atoms with Gasteiger partial charge < -0.3 is 19.8 Å². The van der Waals surface area contributed by atoms with Crippen LogP contribution in [0, 0.1) is 0 Å². The SMILES string of the molecule is O=C([O-])CCCCC(=O)[O-].[Mn+2]. The van der Waals surface area contributed by atoms with E-state index in [0.29, 0.717) is 12.8 Å². The van der Waals surface area contributed by atoms with Crippen LogP contribution in [-0.4, -0.2) is 11.9 Å². The van der Waals surface area contributed by atoms with Crippen molar-refractivity contribution in [2.45, 2.75) is 25.7 Å². The van der Waals surface area contributed by atoms with Gasteiger partial charge in [0.05, 0.1) is 0 Å². The molecule has 1 radical (unpaired) electrons. The van der Waals surface area contributed by atoms with Crippen LogP contribution in [-0.2, 0) is 26.7 Å². The summed E-state index contributed by atoms with van der Waals surface area (Å²) < 4.78 is 0. The maximum absolute atomic E-state index is 9.77. The van der Waals surface area contributed by atoms with Crippen molar-refractivity contribution in [3.8, 4) is 0 Å². The molecule has 63 valence electrons. The molecule has 0 spiro atoms. The van der Waals surface area contributed by atoms with Gasteiger partial charge in [0.2, 0.25) is 0 Å². The minimum Gasteiger partial charge on any atom is -0.550 e. The number of carbonyl (C=O) groups is 2. The largest absolute Gasteiger partial charge is 2.00 e. The molecule has 0 aromatic heterocycles. The van der Waals surface area contributed by atoms with Crippen molar-refractivity contribution >= 4 is 11.9 Å². The summed E-state index contributed by atoms with van der Waals surface area (Å²) in [5.41, 5.74) is 0. The molecule has 0 amide bonds. The number of rotatable bonds is 5. The summed E-state index contributed by atoms with van der Waals surface area (Å²) in [5, 5.41) is 19.5. The first-order chi connectivity index (χ1) is 4.63. The zero-order valence-electron chi connectivity index (χ0n) is 5.84. The molecule has 0 aromatic carbocycles. The molecule has 0 atom stereocenters. The minimum atomic E-state index is -1.14. The Kier molecular flexibility index (Phi) is 8.99. The molecule has 0 rings (SSSR count). The maximum Gasteiger partial charge on any atom is 2.00 e. The first-order valence-electron chi connectivity index (χ1n) is 3.02. The van der Waals surface area contributed by atoms with Gasteiger partial charge in [0.1, 0.15) is 0 Å². The Hall–Kier alpha value is -0.541. The van der Waals surface area contributed by atoms with Gasteiger partial charge in [-0.15, -0.1) is 0 Å². The van der Waals surface area contributed by atoms with E-state index in [1.807, 2.05) is 0 Å². The van der Waals surface area contributed by atoms with Gasteiger partial charge in [0, 0.05) is 11.9 Å². The molecule has 5 heteroatoms. The summed E-state index contributed by atoms with van der Waals surface area (Å²) in [6.07, 6.45) is 0.535. The van der Waals surface area contributed by atoms with Crippen LogP contribution < -0.4 is 10.2 Å². The Bertz CT molecular complexity index is 119. The number of unbranched alkanes of at least 4 members (excludes halogenated alkanes) is 1. The van der Waals surface area contributed by atoms with Gasteiger partial charge in [0.25, 0.3) is 0 Å². The molecule has 0 N–H and O–H groups in total. The topological polar surface area (TPSA) is 80.3 Å². The van der Waals surface area contributed by atoms with Crippen LogP contribution in [0.4, 0.5) is 0 Å². The monoisotopic (exact) mass is 199 g/mol. The summed E-state index contributed by atoms with van der Waals surface area (Å²) in [6.45, 7) is 0. The zero-order valence-corrected chi connectivity index (χ0v) is 7.02. The zero-order chi connectivity index (χ0) is 7.98. The van der Waals surface area contributed by atoms with Crippen LogP contribution in [0.3, 0.4) is 0 Å². The molecule has 0 saturated heterocycles. The van der Waals surface area contributed by atoms with Crippen molar-refractivity contribution in [2.24, 2.45) is 0 Å². The predicted molar refractivity (Wildman–Crippen MR) is 28.5 cm³/mol. The minimum absolute atomic E-state index is 0. The van der Waals surface area contributed by atoms with E-state index in [0.717, 1.165) is 0 Å². The molecule has 0 unspecified atom stereocenters. The van der Waals surface area contributed by atoms with E-state index in [4.69, 9.17) is 0 Å². The van der Waals surface area contributed by atoms with Crippen molar-refractivity contribution < 1.29 is 36.9 Å². The Morgan fingerprint density at radius 3 is 1.36 bits per heavy atom. The van der Waals surface area contributed by atoms with Gasteiger partial charge in [-0.1, -0.05) is 0 Å². The number of carboxylic acids is 2. The Labute approximate surface area is 75.1 Å². The summed E-state index contributed by atoms with van der Waals surface area (Å²) in [6, 6.07) is 0. The Morgan fingerprint density at radius 2 is 1.18 bits per heavy atom. The van der Waals surface area contributed by atoms with E-state index >= 15 is 0 Å². The number of aliphatic carboxylic acids is 2. The van der Waals surface area contributed by atoms with Crippen molar-refractivity contribution in [3.05, 3.63) is 0 Å². The molecule has 0 fully saturated rings. The number of carboxylic acid groups (broad SMARTS) is 2. The van der Waals surface area contributed by atoms with E-state index < -0.39 is 11.9 Å². The molecule has 0 aromatic rings. The molecule has 0 aliphatic carbocycles. The van der Waals surface area contributed by atoms with Crippen LogP contribution in [0.5, 0.6) is 0 Å².